The summed E-state index contributed by atoms with van der Waals surface area (Å²) in [5.41, 5.74) is 3.05. The molecule has 2 aromatic carbocycles. The van der Waals surface area contributed by atoms with Crippen molar-refractivity contribution < 1.29 is 9.21 Å². The number of halogens is 1. The molecule has 3 heterocycles. The Morgan fingerprint density at radius 2 is 1.71 bits per heavy atom. The Hall–Kier alpha value is -3.19. The van der Waals surface area contributed by atoms with Gasteiger partial charge in [0.1, 0.15) is 11.8 Å². The SMILES string of the molecule is O=C(CN1CCN(C/C=C/c2ccccc2)CC1)N1N=C(c2ccc(Cl)cc2)CC1c1ccco1. The number of hydrazone groups is 1. The van der Waals surface area contributed by atoms with Gasteiger partial charge in [-0.3, -0.25) is 14.6 Å². The molecule has 180 valence electrons. The van der Waals surface area contributed by atoms with Crippen LogP contribution in [0.3, 0.4) is 0 Å². The van der Waals surface area contributed by atoms with Gasteiger partial charge >= 0.3 is 0 Å². The van der Waals surface area contributed by atoms with Crippen LogP contribution < -0.4 is 0 Å². The van der Waals surface area contributed by atoms with E-state index in [2.05, 4.69) is 46.2 Å². The van der Waals surface area contributed by atoms with Crippen LogP contribution in [0.4, 0.5) is 0 Å². The zero-order chi connectivity index (χ0) is 24.0. The van der Waals surface area contributed by atoms with Crippen molar-refractivity contribution >= 4 is 29.3 Å². The summed E-state index contributed by atoms with van der Waals surface area (Å²) in [4.78, 5) is 18.0. The standard InChI is InChI=1S/C28H29ClN4O2/c29-24-12-10-23(11-13-24)25-20-26(27-9-5-19-35-27)33(30-25)28(34)21-32-17-15-31(16-18-32)14-4-8-22-6-2-1-3-7-22/h1-13,19,26H,14-18,20-21H2/b8-4+. The third-order valence-corrected chi connectivity index (χ3v) is 6.76. The van der Waals surface area contributed by atoms with Gasteiger partial charge < -0.3 is 4.42 Å². The second kappa shape index (κ2) is 11.0. The summed E-state index contributed by atoms with van der Waals surface area (Å²) >= 11 is 6.05. The van der Waals surface area contributed by atoms with Crippen molar-refractivity contribution in [1.82, 2.24) is 14.8 Å². The predicted octanol–water partition coefficient (Wildman–Crippen LogP) is 4.94. The largest absolute Gasteiger partial charge is 0.467 e. The Morgan fingerprint density at radius 3 is 2.43 bits per heavy atom. The minimum Gasteiger partial charge on any atom is -0.467 e. The maximum atomic E-state index is 13.4. The number of benzene rings is 2. The molecule has 0 N–H and O–H groups in total. The van der Waals surface area contributed by atoms with Crippen LogP contribution in [0.1, 0.15) is 29.3 Å². The molecule has 35 heavy (non-hydrogen) atoms. The molecule has 0 bridgehead atoms. The van der Waals surface area contributed by atoms with E-state index in [9.17, 15) is 4.79 Å². The van der Waals surface area contributed by atoms with E-state index in [1.165, 1.54) is 5.56 Å². The quantitative estimate of drug-likeness (QED) is 0.472. The van der Waals surface area contributed by atoms with Crippen molar-refractivity contribution in [3.8, 4) is 0 Å². The lowest BCUT2D eigenvalue weighted by Gasteiger charge is -2.34. The zero-order valence-corrected chi connectivity index (χ0v) is 20.3. The van der Waals surface area contributed by atoms with Crippen LogP contribution in [0.15, 0.2) is 88.6 Å². The molecule has 5 rings (SSSR count). The number of hydrogen-bond acceptors (Lipinski definition) is 5. The molecule has 6 nitrogen and oxygen atoms in total. The van der Waals surface area contributed by atoms with E-state index < -0.39 is 0 Å². The van der Waals surface area contributed by atoms with E-state index in [0.717, 1.165) is 49.8 Å². The molecule has 3 aromatic rings. The first kappa shape index (κ1) is 23.5. The molecule has 2 aliphatic rings. The molecule has 1 amide bonds. The van der Waals surface area contributed by atoms with Gasteiger partial charge in [-0.25, -0.2) is 5.01 Å². The lowest BCUT2D eigenvalue weighted by atomic mass is 10.0. The molecule has 1 aromatic heterocycles. The number of rotatable bonds is 7. The van der Waals surface area contributed by atoms with E-state index in [-0.39, 0.29) is 11.9 Å². The molecule has 1 atom stereocenters. The molecule has 0 spiro atoms. The molecule has 1 fully saturated rings. The van der Waals surface area contributed by atoms with Crippen LogP contribution in [-0.2, 0) is 4.79 Å². The smallest absolute Gasteiger partial charge is 0.257 e. The molecule has 1 saturated heterocycles. The first-order chi connectivity index (χ1) is 17.2. The fourth-order valence-electron chi connectivity index (χ4n) is 4.56. The normalized spacial score (nSPS) is 19.4. The van der Waals surface area contributed by atoms with Gasteiger partial charge in [-0.05, 0) is 35.4 Å². The Bertz CT molecular complexity index is 1170. The number of carbonyl (C=O) groups is 1. The number of nitrogens with zero attached hydrogens (tertiary/aromatic N) is 4. The summed E-state index contributed by atoms with van der Waals surface area (Å²) in [7, 11) is 0. The van der Waals surface area contributed by atoms with Gasteiger partial charge in [0.2, 0.25) is 0 Å². The number of hydrogen-bond donors (Lipinski definition) is 0. The highest BCUT2D eigenvalue weighted by Crippen LogP contribution is 2.33. The molecule has 7 heteroatoms. The average Bonchev–Trinajstić information content (AvgIpc) is 3.57. The second-order valence-electron chi connectivity index (χ2n) is 8.92. The van der Waals surface area contributed by atoms with Crippen LogP contribution in [-0.4, -0.2) is 65.7 Å². The third-order valence-electron chi connectivity index (χ3n) is 6.51. The van der Waals surface area contributed by atoms with E-state index >= 15 is 0 Å². The second-order valence-corrected chi connectivity index (χ2v) is 9.35. The lowest BCUT2D eigenvalue weighted by molar-refractivity contribution is -0.135. The highest BCUT2D eigenvalue weighted by Gasteiger charge is 2.35. The molecule has 0 saturated carbocycles. The number of amides is 1. The summed E-state index contributed by atoms with van der Waals surface area (Å²) in [6.07, 6.45) is 6.63. The minimum absolute atomic E-state index is 0.00668. The van der Waals surface area contributed by atoms with Crippen LogP contribution >= 0.6 is 11.6 Å². The van der Waals surface area contributed by atoms with Gasteiger partial charge in [0, 0.05) is 44.2 Å². The summed E-state index contributed by atoms with van der Waals surface area (Å²) in [6.45, 7) is 4.86. The summed E-state index contributed by atoms with van der Waals surface area (Å²) in [5.74, 6) is 0.744. The van der Waals surface area contributed by atoms with E-state index in [4.69, 9.17) is 21.1 Å². The monoisotopic (exact) mass is 488 g/mol. The zero-order valence-electron chi connectivity index (χ0n) is 19.6. The van der Waals surface area contributed by atoms with Crippen LogP contribution in [0.5, 0.6) is 0 Å². The summed E-state index contributed by atoms with van der Waals surface area (Å²) in [6, 6.07) is 21.5. The van der Waals surface area contributed by atoms with E-state index in [1.54, 1.807) is 11.3 Å². The van der Waals surface area contributed by atoms with Crippen LogP contribution in [0, 0.1) is 0 Å². The first-order valence-electron chi connectivity index (χ1n) is 12.0. The molecular weight excluding hydrogens is 460 g/mol. The van der Waals surface area contributed by atoms with Gasteiger partial charge in [-0.15, -0.1) is 0 Å². The fourth-order valence-corrected chi connectivity index (χ4v) is 4.68. The minimum atomic E-state index is -0.229. The van der Waals surface area contributed by atoms with Gasteiger partial charge in [0.15, 0.2) is 0 Å². The van der Waals surface area contributed by atoms with Gasteiger partial charge in [0.05, 0.1) is 18.5 Å². The Labute approximate surface area is 211 Å². The van der Waals surface area contributed by atoms with Crippen LogP contribution in [0.25, 0.3) is 6.08 Å². The molecular formula is C28H29ClN4O2. The number of carbonyl (C=O) groups excluding carboxylic acids is 1. The summed E-state index contributed by atoms with van der Waals surface area (Å²) in [5, 5.41) is 7.01. The molecule has 0 radical (unpaired) electrons. The Balaban J connectivity index is 1.18. The average molecular weight is 489 g/mol. The lowest BCUT2D eigenvalue weighted by Crippen LogP contribution is -2.49. The Kier molecular flexibility index (Phi) is 7.42. The highest BCUT2D eigenvalue weighted by atomic mass is 35.5. The van der Waals surface area contributed by atoms with E-state index in [0.29, 0.717) is 18.0 Å². The van der Waals surface area contributed by atoms with Crippen LogP contribution in [0.2, 0.25) is 5.02 Å². The summed E-state index contributed by atoms with van der Waals surface area (Å²) < 4.78 is 5.66. The molecule has 0 aliphatic carbocycles. The highest BCUT2D eigenvalue weighted by molar-refractivity contribution is 6.30. The number of furan rings is 1. The maximum Gasteiger partial charge on any atom is 0.257 e. The topological polar surface area (TPSA) is 52.3 Å². The van der Waals surface area contributed by atoms with Crippen molar-refractivity contribution in [2.75, 3.05) is 39.3 Å². The molecule has 1 unspecified atom stereocenters. The van der Waals surface area contributed by atoms with Gasteiger partial charge in [0.25, 0.3) is 5.91 Å². The van der Waals surface area contributed by atoms with Crippen molar-refractivity contribution in [3.63, 3.8) is 0 Å². The first-order valence-corrected chi connectivity index (χ1v) is 12.4. The van der Waals surface area contributed by atoms with E-state index in [1.807, 2.05) is 42.5 Å². The van der Waals surface area contributed by atoms with Crippen molar-refractivity contribution in [3.05, 3.63) is 101 Å². The van der Waals surface area contributed by atoms with Gasteiger partial charge in [-0.1, -0.05) is 66.2 Å². The maximum absolute atomic E-state index is 13.4. The predicted molar refractivity (Wildman–Crippen MR) is 139 cm³/mol. The third kappa shape index (κ3) is 5.90. The molecule has 2 aliphatic heterocycles. The van der Waals surface area contributed by atoms with Crippen molar-refractivity contribution in [2.24, 2.45) is 5.10 Å². The van der Waals surface area contributed by atoms with Gasteiger partial charge in [-0.2, -0.15) is 5.10 Å². The number of piperazine rings is 1. The van der Waals surface area contributed by atoms with Crippen molar-refractivity contribution in [2.45, 2.75) is 12.5 Å². The van der Waals surface area contributed by atoms with Crippen molar-refractivity contribution in [1.29, 1.82) is 0 Å². The Morgan fingerprint density at radius 1 is 0.971 bits per heavy atom. The fraction of sp³-hybridized carbons (Fsp3) is 0.286.